The number of fused-ring (bicyclic) bond motifs is 1. The van der Waals surface area contributed by atoms with E-state index < -0.39 is 0 Å². The number of benzene rings is 1. The Kier molecular flexibility index (Phi) is 3.05. The molecular weight excluding hydrogens is 258 g/mol. The Labute approximate surface area is 114 Å². The number of rotatable bonds is 3. The predicted molar refractivity (Wildman–Crippen MR) is 77.7 cm³/mol. The molecule has 0 aliphatic rings. The Balaban J connectivity index is 1.99. The van der Waals surface area contributed by atoms with Crippen molar-refractivity contribution < 1.29 is 4.74 Å². The second-order valence-electron chi connectivity index (χ2n) is 4.15. The fourth-order valence-corrected chi connectivity index (χ4v) is 2.59. The summed E-state index contributed by atoms with van der Waals surface area (Å²) in [6.07, 6.45) is 2.46. The number of ether oxygens (including phenoxy) is 1. The molecule has 5 heteroatoms. The van der Waals surface area contributed by atoms with Crippen LogP contribution in [0.4, 0.5) is 5.69 Å². The van der Waals surface area contributed by atoms with Crippen molar-refractivity contribution in [3.8, 4) is 11.6 Å². The zero-order chi connectivity index (χ0) is 13.2. The molecule has 0 aliphatic carbocycles. The van der Waals surface area contributed by atoms with E-state index in [-0.39, 0.29) is 0 Å². The van der Waals surface area contributed by atoms with Gasteiger partial charge in [-0.25, -0.2) is 9.97 Å². The third-order valence-corrected chi connectivity index (χ3v) is 3.74. The van der Waals surface area contributed by atoms with Crippen molar-refractivity contribution in [3.05, 3.63) is 41.5 Å². The Bertz CT molecular complexity index is 724. The van der Waals surface area contributed by atoms with Crippen LogP contribution in [0.2, 0.25) is 0 Å². The van der Waals surface area contributed by atoms with Crippen LogP contribution in [0.3, 0.4) is 0 Å². The Morgan fingerprint density at radius 3 is 2.95 bits per heavy atom. The molecule has 0 spiro atoms. The van der Waals surface area contributed by atoms with Crippen LogP contribution < -0.4 is 10.5 Å². The van der Waals surface area contributed by atoms with E-state index >= 15 is 0 Å². The molecule has 3 rings (SSSR count). The van der Waals surface area contributed by atoms with Gasteiger partial charge in [0.25, 0.3) is 0 Å². The van der Waals surface area contributed by atoms with Gasteiger partial charge in [-0.2, -0.15) is 0 Å². The van der Waals surface area contributed by atoms with E-state index in [0.717, 1.165) is 16.6 Å². The van der Waals surface area contributed by atoms with Crippen LogP contribution >= 0.6 is 11.3 Å². The highest BCUT2D eigenvalue weighted by Gasteiger charge is 2.09. The molecule has 0 aliphatic heterocycles. The zero-order valence-corrected chi connectivity index (χ0v) is 11.3. The van der Waals surface area contributed by atoms with Crippen molar-refractivity contribution in [2.45, 2.75) is 13.3 Å². The van der Waals surface area contributed by atoms with E-state index in [1.54, 1.807) is 11.3 Å². The highest BCUT2D eigenvalue weighted by atomic mass is 32.1. The van der Waals surface area contributed by atoms with Crippen molar-refractivity contribution in [3.63, 3.8) is 0 Å². The maximum Gasteiger partial charge on any atom is 0.231 e. The highest BCUT2D eigenvalue weighted by Crippen LogP contribution is 2.32. The number of aromatic nitrogens is 2. The summed E-state index contributed by atoms with van der Waals surface area (Å²) >= 11 is 1.56. The molecule has 0 unspecified atom stereocenters. The Morgan fingerprint density at radius 2 is 2.16 bits per heavy atom. The monoisotopic (exact) mass is 271 g/mol. The summed E-state index contributed by atoms with van der Waals surface area (Å²) in [5.74, 6) is 1.17. The van der Waals surface area contributed by atoms with Gasteiger partial charge in [-0.05, 0) is 35.6 Å². The molecule has 2 N–H and O–H groups in total. The van der Waals surface area contributed by atoms with E-state index in [1.807, 2.05) is 29.6 Å². The second-order valence-corrected chi connectivity index (χ2v) is 5.04. The molecule has 0 fully saturated rings. The first-order valence-corrected chi connectivity index (χ1v) is 6.90. The largest absolute Gasteiger partial charge is 0.436 e. The van der Waals surface area contributed by atoms with Gasteiger partial charge in [0.2, 0.25) is 5.88 Å². The SMILES string of the molecule is CCc1ccc(Oc2ncnc3sccc23)c(N)c1. The standard InChI is InChI=1S/C14H13N3OS/c1-2-9-3-4-12(11(15)7-9)18-13-10-5-6-19-14(10)17-8-16-13/h3-8H,2,15H2,1H3. The molecule has 0 saturated carbocycles. The molecule has 19 heavy (non-hydrogen) atoms. The number of hydrogen-bond acceptors (Lipinski definition) is 5. The van der Waals surface area contributed by atoms with E-state index in [4.69, 9.17) is 10.5 Å². The minimum Gasteiger partial charge on any atom is -0.436 e. The van der Waals surface area contributed by atoms with E-state index in [2.05, 4.69) is 16.9 Å². The minimum atomic E-state index is 0.544. The van der Waals surface area contributed by atoms with Gasteiger partial charge in [-0.15, -0.1) is 11.3 Å². The lowest BCUT2D eigenvalue weighted by molar-refractivity contribution is 0.470. The number of nitrogens with two attached hydrogens (primary N) is 1. The van der Waals surface area contributed by atoms with Crippen molar-refractivity contribution >= 4 is 27.2 Å². The summed E-state index contributed by atoms with van der Waals surface area (Å²) in [5, 5.41) is 2.88. The summed E-state index contributed by atoms with van der Waals surface area (Å²) in [5.41, 5.74) is 7.81. The molecule has 0 amide bonds. The van der Waals surface area contributed by atoms with Crippen LogP contribution in [-0.4, -0.2) is 9.97 Å². The summed E-state index contributed by atoms with van der Waals surface area (Å²) in [7, 11) is 0. The summed E-state index contributed by atoms with van der Waals surface area (Å²) in [6.45, 7) is 2.09. The maximum atomic E-state index is 6.00. The van der Waals surface area contributed by atoms with Crippen molar-refractivity contribution in [1.29, 1.82) is 0 Å². The van der Waals surface area contributed by atoms with Gasteiger partial charge in [-0.3, -0.25) is 0 Å². The molecule has 4 nitrogen and oxygen atoms in total. The molecule has 0 atom stereocenters. The molecular formula is C14H13N3OS. The number of anilines is 1. The average Bonchev–Trinajstić information content (AvgIpc) is 2.90. The summed E-state index contributed by atoms with van der Waals surface area (Å²) < 4.78 is 5.81. The zero-order valence-electron chi connectivity index (χ0n) is 10.5. The highest BCUT2D eigenvalue weighted by molar-refractivity contribution is 7.16. The van der Waals surface area contributed by atoms with Crippen LogP contribution in [-0.2, 0) is 6.42 Å². The number of aryl methyl sites for hydroxylation is 1. The number of nitrogen functional groups attached to an aromatic ring is 1. The molecule has 0 saturated heterocycles. The summed E-state index contributed by atoms with van der Waals surface area (Å²) in [6, 6.07) is 7.78. The van der Waals surface area contributed by atoms with Gasteiger partial charge in [0.1, 0.15) is 11.2 Å². The fourth-order valence-electron chi connectivity index (χ4n) is 1.86. The van der Waals surface area contributed by atoms with Gasteiger partial charge in [-0.1, -0.05) is 13.0 Å². The third-order valence-electron chi connectivity index (χ3n) is 2.91. The predicted octanol–water partition coefficient (Wildman–Crippen LogP) is 3.63. The Morgan fingerprint density at radius 1 is 1.26 bits per heavy atom. The van der Waals surface area contributed by atoms with Crippen LogP contribution in [0.15, 0.2) is 36.0 Å². The van der Waals surface area contributed by atoms with Gasteiger partial charge in [0, 0.05) is 0 Å². The van der Waals surface area contributed by atoms with E-state index in [1.165, 1.54) is 11.9 Å². The van der Waals surface area contributed by atoms with Crippen LogP contribution in [0.25, 0.3) is 10.2 Å². The van der Waals surface area contributed by atoms with Crippen molar-refractivity contribution in [1.82, 2.24) is 9.97 Å². The topological polar surface area (TPSA) is 61.0 Å². The molecule has 2 aromatic heterocycles. The normalized spacial score (nSPS) is 10.8. The fraction of sp³-hybridized carbons (Fsp3) is 0.143. The van der Waals surface area contributed by atoms with E-state index in [9.17, 15) is 0 Å². The Hall–Kier alpha value is -2.14. The van der Waals surface area contributed by atoms with E-state index in [0.29, 0.717) is 17.3 Å². The van der Waals surface area contributed by atoms with Crippen molar-refractivity contribution in [2.24, 2.45) is 0 Å². The lowest BCUT2D eigenvalue weighted by Crippen LogP contribution is -1.95. The number of hydrogen-bond donors (Lipinski definition) is 1. The number of nitrogens with zero attached hydrogens (tertiary/aromatic N) is 2. The lowest BCUT2D eigenvalue weighted by Gasteiger charge is -2.09. The quantitative estimate of drug-likeness (QED) is 0.739. The molecule has 2 heterocycles. The van der Waals surface area contributed by atoms with Gasteiger partial charge in [0.05, 0.1) is 11.1 Å². The van der Waals surface area contributed by atoms with Gasteiger partial charge < -0.3 is 10.5 Å². The first kappa shape index (κ1) is 11.9. The van der Waals surface area contributed by atoms with Crippen LogP contribution in [0.1, 0.15) is 12.5 Å². The molecule has 96 valence electrons. The molecule has 0 radical (unpaired) electrons. The third kappa shape index (κ3) is 2.24. The minimum absolute atomic E-state index is 0.544. The average molecular weight is 271 g/mol. The van der Waals surface area contributed by atoms with Crippen LogP contribution in [0.5, 0.6) is 11.6 Å². The first-order valence-electron chi connectivity index (χ1n) is 6.02. The maximum absolute atomic E-state index is 6.00. The summed E-state index contributed by atoms with van der Waals surface area (Å²) in [4.78, 5) is 9.28. The van der Waals surface area contributed by atoms with Crippen molar-refractivity contribution in [2.75, 3.05) is 5.73 Å². The molecule has 3 aromatic rings. The molecule has 0 bridgehead atoms. The lowest BCUT2D eigenvalue weighted by atomic mass is 10.1. The number of thiophene rings is 1. The van der Waals surface area contributed by atoms with Gasteiger partial charge >= 0.3 is 0 Å². The van der Waals surface area contributed by atoms with Crippen LogP contribution in [0, 0.1) is 0 Å². The van der Waals surface area contributed by atoms with Gasteiger partial charge in [0.15, 0.2) is 5.75 Å². The molecule has 1 aromatic carbocycles. The smallest absolute Gasteiger partial charge is 0.231 e. The second kappa shape index (κ2) is 4.85. The first-order chi connectivity index (χ1) is 9.28.